The zero-order valence-electron chi connectivity index (χ0n) is 13.8. The first-order valence-electron chi connectivity index (χ1n) is 8.67. The Balaban J connectivity index is 1.25. The van der Waals surface area contributed by atoms with E-state index in [2.05, 4.69) is 55.1 Å². The van der Waals surface area contributed by atoms with Crippen molar-refractivity contribution >= 4 is 5.65 Å². The molecule has 5 heteroatoms. The van der Waals surface area contributed by atoms with Crippen molar-refractivity contribution in [3.63, 3.8) is 0 Å². The molecule has 2 aromatic heterocycles. The number of nitrogens with one attached hydrogen (secondary N) is 1. The summed E-state index contributed by atoms with van der Waals surface area (Å²) in [6.07, 6.45) is 4.15. The van der Waals surface area contributed by atoms with Gasteiger partial charge in [-0.1, -0.05) is 36.4 Å². The molecular formula is C19H23N5. The van der Waals surface area contributed by atoms with E-state index in [1.165, 1.54) is 18.5 Å². The number of rotatable bonds is 6. The SMILES string of the molecule is c1ccc(CN2CCC(NCCc3nnc4ccccn34)C2)cc1. The monoisotopic (exact) mass is 321 g/mol. The summed E-state index contributed by atoms with van der Waals surface area (Å²) >= 11 is 0. The van der Waals surface area contributed by atoms with Crippen molar-refractivity contribution in [1.29, 1.82) is 0 Å². The second-order valence-corrected chi connectivity index (χ2v) is 6.46. The van der Waals surface area contributed by atoms with Gasteiger partial charge in [-0.3, -0.25) is 9.30 Å². The van der Waals surface area contributed by atoms with Gasteiger partial charge >= 0.3 is 0 Å². The summed E-state index contributed by atoms with van der Waals surface area (Å²) in [5, 5.41) is 12.2. The topological polar surface area (TPSA) is 45.5 Å². The Bertz CT molecular complexity index is 783. The first-order chi connectivity index (χ1) is 11.9. The van der Waals surface area contributed by atoms with Crippen LogP contribution >= 0.6 is 0 Å². The number of benzene rings is 1. The third kappa shape index (κ3) is 3.47. The summed E-state index contributed by atoms with van der Waals surface area (Å²) in [4.78, 5) is 2.53. The van der Waals surface area contributed by atoms with Gasteiger partial charge in [-0.2, -0.15) is 0 Å². The summed E-state index contributed by atoms with van der Waals surface area (Å²) in [5.74, 6) is 1.03. The second kappa shape index (κ2) is 7.11. The van der Waals surface area contributed by atoms with Gasteiger partial charge in [0.15, 0.2) is 5.65 Å². The number of hydrogen-bond acceptors (Lipinski definition) is 4. The maximum Gasteiger partial charge on any atom is 0.160 e. The molecule has 0 spiro atoms. The fraction of sp³-hybridized carbons (Fsp3) is 0.368. The molecule has 1 aromatic carbocycles. The first-order valence-corrected chi connectivity index (χ1v) is 8.67. The van der Waals surface area contributed by atoms with E-state index in [1.54, 1.807) is 0 Å². The summed E-state index contributed by atoms with van der Waals surface area (Å²) in [6.45, 7) is 4.28. The van der Waals surface area contributed by atoms with Gasteiger partial charge in [-0.25, -0.2) is 0 Å². The van der Waals surface area contributed by atoms with Crippen molar-refractivity contribution in [2.75, 3.05) is 19.6 Å². The number of likely N-dealkylation sites (tertiary alicyclic amines) is 1. The van der Waals surface area contributed by atoms with Crippen LogP contribution in [0.4, 0.5) is 0 Å². The van der Waals surface area contributed by atoms with E-state index in [1.807, 2.05) is 24.4 Å². The van der Waals surface area contributed by atoms with Crippen molar-refractivity contribution in [2.24, 2.45) is 0 Å². The van der Waals surface area contributed by atoms with E-state index in [4.69, 9.17) is 0 Å². The van der Waals surface area contributed by atoms with Gasteiger partial charge < -0.3 is 5.32 Å². The van der Waals surface area contributed by atoms with Crippen molar-refractivity contribution in [3.8, 4) is 0 Å². The third-order valence-corrected chi connectivity index (χ3v) is 4.69. The van der Waals surface area contributed by atoms with Crippen molar-refractivity contribution in [3.05, 3.63) is 66.1 Å². The molecule has 1 unspecified atom stereocenters. The third-order valence-electron chi connectivity index (χ3n) is 4.69. The van der Waals surface area contributed by atoms with Crippen LogP contribution in [0.15, 0.2) is 54.7 Å². The van der Waals surface area contributed by atoms with Crippen LogP contribution in [0.5, 0.6) is 0 Å². The van der Waals surface area contributed by atoms with Gasteiger partial charge in [-0.05, 0) is 24.1 Å². The minimum atomic E-state index is 0.577. The number of aromatic nitrogens is 3. The second-order valence-electron chi connectivity index (χ2n) is 6.46. The van der Waals surface area contributed by atoms with Crippen molar-refractivity contribution in [1.82, 2.24) is 24.8 Å². The molecule has 5 nitrogen and oxygen atoms in total. The summed E-state index contributed by atoms with van der Waals surface area (Å²) in [7, 11) is 0. The zero-order valence-corrected chi connectivity index (χ0v) is 13.8. The van der Waals surface area contributed by atoms with Crippen LogP contribution in [0.3, 0.4) is 0 Å². The van der Waals surface area contributed by atoms with Gasteiger partial charge in [0.1, 0.15) is 5.82 Å². The highest BCUT2D eigenvalue weighted by atomic mass is 15.2. The fourth-order valence-electron chi connectivity index (χ4n) is 3.43. The Labute approximate surface area is 142 Å². The number of hydrogen-bond donors (Lipinski definition) is 1. The van der Waals surface area contributed by atoms with E-state index in [0.717, 1.165) is 37.5 Å². The molecular weight excluding hydrogens is 298 g/mol. The number of pyridine rings is 1. The molecule has 24 heavy (non-hydrogen) atoms. The van der Waals surface area contributed by atoms with Crippen molar-refractivity contribution in [2.45, 2.75) is 25.4 Å². The van der Waals surface area contributed by atoms with Crippen molar-refractivity contribution < 1.29 is 0 Å². The molecule has 1 fully saturated rings. The molecule has 0 saturated carbocycles. The van der Waals surface area contributed by atoms with Crippen LogP contribution in [-0.4, -0.2) is 45.2 Å². The Hall–Kier alpha value is -2.24. The van der Waals surface area contributed by atoms with E-state index in [0.29, 0.717) is 6.04 Å². The largest absolute Gasteiger partial charge is 0.312 e. The number of fused-ring (bicyclic) bond motifs is 1. The lowest BCUT2D eigenvalue weighted by Crippen LogP contribution is -2.33. The lowest BCUT2D eigenvalue weighted by Gasteiger charge is -2.16. The molecule has 0 aliphatic carbocycles. The molecule has 3 heterocycles. The zero-order chi connectivity index (χ0) is 16.2. The molecule has 1 N–H and O–H groups in total. The maximum atomic E-state index is 4.29. The first kappa shape index (κ1) is 15.3. The smallest absolute Gasteiger partial charge is 0.160 e. The highest BCUT2D eigenvalue weighted by Gasteiger charge is 2.21. The highest BCUT2D eigenvalue weighted by molar-refractivity contribution is 5.37. The number of nitrogens with zero attached hydrogens (tertiary/aromatic N) is 4. The molecule has 0 amide bonds. The lowest BCUT2D eigenvalue weighted by molar-refractivity contribution is 0.320. The summed E-state index contributed by atoms with van der Waals surface area (Å²) in [5.41, 5.74) is 2.32. The van der Waals surface area contributed by atoms with Gasteiger partial charge in [0, 0.05) is 44.8 Å². The average Bonchev–Trinajstić information content (AvgIpc) is 3.23. The van der Waals surface area contributed by atoms with E-state index < -0.39 is 0 Å². The summed E-state index contributed by atoms with van der Waals surface area (Å²) in [6, 6.07) is 17.3. The van der Waals surface area contributed by atoms with Gasteiger partial charge in [0.05, 0.1) is 0 Å². The van der Waals surface area contributed by atoms with Crippen LogP contribution in [0.25, 0.3) is 5.65 Å². The van der Waals surface area contributed by atoms with Crippen LogP contribution in [0.2, 0.25) is 0 Å². The van der Waals surface area contributed by atoms with Gasteiger partial charge in [0.25, 0.3) is 0 Å². The maximum absolute atomic E-state index is 4.29. The standard InChI is InChI=1S/C19H23N5/c1-2-6-16(7-3-1)14-23-13-10-17(15-23)20-11-9-19-22-21-18-8-4-5-12-24(18)19/h1-8,12,17,20H,9-11,13-15H2. The normalized spacial score (nSPS) is 18.4. The highest BCUT2D eigenvalue weighted by Crippen LogP contribution is 2.13. The summed E-state index contributed by atoms with van der Waals surface area (Å²) < 4.78 is 2.07. The van der Waals surface area contributed by atoms with Crippen LogP contribution < -0.4 is 5.32 Å². The lowest BCUT2D eigenvalue weighted by atomic mass is 10.2. The predicted molar refractivity (Wildman–Crippen MR) is 94.8 cm³/mol. The molecule has 1 aliphatic rings. The van der Waals surface area contributed by atoms with Crippen LogP contribution in [0.1, 0.15) is 17.8 Å². The molecule has 0 radical (unpaired) electrons. The Morgan fingerprint density at radius 3 is 2.83 bits per heavy atom. The van der Waals surface area contributed by atoms with Crippen LogP contribution in [-0.2, 0) is 13.0 Å². The average molecular weight is 321 g/mol. The minimum absolute atomic E-state index is 0.577. The molecule has 4 rings (SSSR count). The molecule has 3 aromatic rings. The molecule has 1 atom stereocenters. The van der Waals surface area contributed by atoms with Gasteiger partial charge in [-0.15, -0.1) is 10.2 Å². The molecule has 124 valence electrons. The van der Waals surface area contributed by atoms with E-state index in [9.17, 15) is 0 Å². The Morgan fingerprint density at radius 1 is 1.04 bits per heavy atom. The minimum Gasteiger partial charge on any atom is -0.312 e. The Kier molecular flexibility index (Phi) is 4.53. The van der Waals surface area contributed by atoms with Gasteiger partial charge in [0.2, 0.25) is 0 Å². The quantitative estimate of drug-likeness (QED) is 0.755. The predicted octanol–water partition coefficient (Wildman–Crippen LogP) is 2.14. The fourth-order valence-corrected chi connectivity index (χ4v) is 3.43. The molecule has 0 bridgehead atoms. The van der Waals surface area contributed by atoms with E-state index in [-0.39, 0.29) is 0 Å². The van der Waals surface area contributed by atoms with Crippen LogP contribution in [0, 0.1) is 0 Å². The Morgan fingerprint density at radius 2 is 1.92 bits per heavy atom. The molecule has 1 aliphatic heterocycles. The molecule has 1 saturated heterocycles. The van der Waals surface area contributed by atoms with E-state index >= 15 is 0 Å².